The Morgan fingerprint density at radius 2 is 2.11 bits per heavy atom. The maximum Gasteiger partial charge on any atom is 0.240 e. The second-order valence-corrected chi connectivity index (χ2v) is 5.59. The molecule has 0 radical (unpaired) electrons. The fourth-order valence-electron chi connectivity index (χ4n) is 1.71. The number of anilines is 2. The number of hydrogen-bond acceptors (Lipinski definition) is 5. The summed E-state index contributed by atoms with van der Waals surface area (Å²) in [5.74, 6) is 0. The highest BCUT2D eigenvalue weighted by Gasteiger charge is 2.14. The van der Waals surface area contributed by atoms with Gasteiger partial charge in [-0.15, -0.1) is 0 Å². The lowest BCUT2D eigenvalue weighted by Crippen LogP contribution is -2.15. The average molecular weight is 281 g/mol. The van der Waals surface area contributed by atoms with E-state index in [2.05, 4.69) is 10.4 Å². The Labute approximate surface area is 111 Å². The molecule has 0 unspecified atom stereocenters. The van der Waals surface area contributed by atoms with Crippen LogP contribution in [0.5, 0.6) is 0 Å². The number of nitrogens with two attached hydrogens (primary N) is 2. The third-order valence-electron chi connectivity index (χ3n) is 2.76. The molecule has 0 aliphatic rings. The molecular weight excluding hydrogens is 266 g/mol. The highest BCUT2D eigenvalue weighted by molar-refractivity contribution is 7.89. The molecule has 0 aliphatic heterocycles. The second kappa shape index (κ2) is 4.90. The third kappa shape index (κ3) is 2.85. The van der Waals surface area contributed by atoms with Gasteiger partial charge in [-0.05, 0) is 18.2 Å². The standard InChI is InChI=1S/C11H15N5O2S/c1-16-8(5-6-15-16)7-14-9-3-2-4-10(11(9)12)19(13,17)18/h2-6,14H,7,12H2,1H3,(H2,13,17,18). The molecule has 1 aromatic heterocycles. The third-order valence-corrected chi connectivity index (χ3v) is 3.72. The van der Waals surface area contributed by atoms with Crippen LogP contribution in [0.4, 0.5) is 11.4 Å². The van der Waals surface area contributed by atoms with E-state index in [1.54, 1.807) is 23.0 Å². The molecule has 0 fully saturated rings. The molecule has 0 saturated heterocycles. The fraction of sp³-hybridized carbons (Fsp3) is 0.182. The number of sulfonamides is 1. The van der Waals surface area contributed by atoms with Crippen LogP contribution in [0.2, 0.25) is 0 Å². The van der Waals surface area contributed by atoms with E-state index >= 15 is 0 Å². The van der Waals surface area contributed by atoms with Crippen LogP contribution in [0.1, 0.15) is 5.69 Å². The SMILES string of the molecule is Cn1nccc1CNc1cccc(S(N)(=O)=O)c1N. The van der Waals surface area contributed by atoms with E-state index in [9.17, 15) is 8.42 Å². The highest BCUT2D eigenvalue weighted by Crippen LogP contribution is 2.26. The van der Waals surface area contributed by atoms with Crippen molar-refractivity contribution in [3.05, 3.63) is 36.2 Å². The Balaban J connectivity index is 2.25. The molecule has 0 atom stereocenters. The van der Waals surface area contributed by atoms with Gasteiger partial charge in [0, 0.05) is 13.2 Å². The molecule has 2 rings (SSSR count). The van der Waals surface area contributed by atoms with E-state index in [0.717, 1.165) is 5.69 Å². The molecule has 102 valence electrons. The number of primary sulfonamides is 1. The van der Waals surface area contributed by atoms with E-state index in [1.165, 1.54) is 6.07 Å². The molecule has 19 heavy (non-hydrogen) atoms. The summed E-state index contributed by atoms with van der Waals surface area (Å²) in [5, 5.41) is 12.2. The summed E-state index contributed by atoms with van der Waals surface area (Å²) in [7, 11) is -2.00. The van der Waals surface area contributed by atoms with Gasteiger partial charge in [-0.2, -0.15) is 5.10 Å². The average Bonchev–Trinajstić information content (AvgIpc) is 2.72. The van der Waals surface area contributed by atoms with Gasteiger partial charge in [0.15, 0.2) is 0 Å². The topological polar surface area (TPSA) is 116 Å². The van der Waals surface area contributed by atoms with E-state index < -0.39 is 10.0 Å². The first kappa shape index (κ1) is 13.4. The molecule has 0 saturated carbocycles. The van der Waals surface area contributed by atoms with Crippen molar-refractivity contribution in [3.8, 4) is 0 Å². The number of para-hydroxylation sites is 1. The first-order valence-electron chi connectivity index (χ1n) is 5.51. The van der Waals surface area contributed by atoms with Crippen molar-refractivity contribution in [2.75, 3.05) is 11.1 Å². The molecule has 0 aliphatic carbocycles. The summed E-state index contributed by atoms with van der Waals surface area (Å²) in [6, 6.07) is 6.51. The second-order valence-electron chi connectivity index (χ2n) is 4.06. The molecule has 1 heterocycles. The van der Waals surface area contributed by atoms with Crippen molar-refractivity contribution >= 4 is 21.4 Å². The quantitative estimate of drug-likeness (QED) is 0.695. The Kier molecular flexibility index (Phi) is 3.45. The van der Waals surface area contributed by atoms with Gasteiger partial charge in [-0.25, -0.2) is 13.6 Å². The zero-order valence-corrected chi connectivity index (χ0v) is 11.2. The first-order valence-corrected chi connectivity index (χ1v) is 7.06. The van der Waals surface area contributed by atoms with Gasteiger partial charge in [0.1, 0.15) is 4.90 Å². The molecule has 7 nitrogen and oxygen atoms in total. The Bertz CT molecular complexity index is 693. The van der Waals surface area contributed by atoms with E-state index in [0.29, 0.717) is 12.2 Å². The molecule has 0 amide bonds. The minimum Gasteiger partial charge on any atom is -0.396 e. The summed E-state index contributed by atoms with van der Waals surface area (Å²) in [4.78, 5) is -0.0810. The summed E-state index contributed by atoms with van der Waals surface area (Å²) < 4.78 is 24.4. The molecule has 0 spiro atoms. The highest BCUT2D eigenvalue weighted by atomic mass is 32.2. The van der Waals surface area contributed by atoms with E-state index in [-0.39, 0.29) is 10.6 Å². The minimum absolute atomic E-state index is 0.0810. The lowest BCUT2D eigenvalue weighted by Gasteiger charge is -2.12. The van der Waals surface area contributed by atoms with Crippen LogP contribution in [0.25, 0.3) is 0 Å². The lowest BCUT2D eigenvalue weighted by molar-refractivity contribution is 0.598. The van der Waals surface area contributed by atoms with Crippen LogP contribution in [-0.2, 0) is 23.6 Å². The van der Waals surface area contributed by atoms with Gasteiger partial charge >= 0.3 is 0 Å². The number of aryl methyl sites for hydroxylation is 1. The fourth-order valence-corrected chi connectivity index (χ4v) is 2.39. The smallest absolute Gasteiger partial charge is 0.240 e. The van der Waals surface area contributed by atoms with Crippen molar-refractivity contribution in [2.24, 2.45) is 12.2 Å². The Morgan fingerprint density at radius 1 is 1.37 bits per heavy atom. The van der Waals surface area contributed by atoms with Gasteiger partial charge < -0.3 is 11.1 Å². The zero-order chi connectivity index (χ0) is 14.0. The molecule has 0 bridgehead atoms. The van der Waals surface area contributed by atoms with E-state index in [4.69, 9.17) is 10.9 Å². The number of nitrogens with one attached hydrogen (secondary N) is 1. The van der Waals surface area contributed by atoms with Crippen LogP contribution in [0, 0.1) is 0 Å². The summed E-state index contributed by atoms with van der Waals surface area (Å²) >= 11 is 0. The molecule has 2 aromatic rings. The van der Waals surface area contributed by atoms with Gasteiger partial charge in [0.25, 0.3) is 0 Å². The summed E-state index contributed by atoms with van der Waals surface area (Å²) in [6.07, 6.45) is 1.68. The Hall–Kier alpha value is -2.06. The maximum absolute atomic E-state index is 11.3. The molecular formula is C11H15N5O2S. The van der Waals surface area contributed by atoms with E-state index in [1.807, 2.05) is 13.1 Å². The van der Waals surface area contributed by atoms with Crippen molar-refractivity contribution in [1.82, 2.24) is 9.78 Å². The van der Waals surface area contributed by atoms with Crippen LogP contribution in [0.15, 0.2) is 35.4 Å². The predicted octanol–water partition coefficient (Wildman–Crippen LogP) is 0.262. The van der Waals surface area contributed by atoms with Gasteiger partial charge in [0.2, 0.25) is 10.0 Å². The number of nitrogens with zero attached hydrogens (tertiary/aromatic N) is 2. The van der Waals surface area contributed by atoms with Crippen molar-refractivity contribution in [3.63, 3.8) is 0 Å². The number of hydrogen-bond donors (Lipinski definition) is 3. The first-order chi connectivity index (χ1) is 8.89. The molecule has 5 N–H and O–H groups in total. The molecule has 8 heteroatoms. The largest absolute Gasteiger partial charge is 0.396 e. The van der Waals surface area contributed by atoms with Crippen molar-refractivity contribution < 1.29 is 8.42 Å². The van der Waals surface area contributed by atoms with Crippen LogP contribution in [0.3, 0.4) is 0 Å². The summed E-state index contributed by atoms with van der Waals surface area (Å²) in [5.41, 5.74) is 7.39. The number of benzene rings is 1. The van der Waals surface area contributed by atoms with Gasteiger partial charge in [0.05, 0.1) is 23.6 Å². The normalized spacial score (nSPS) is 11.5. The monoisotopic (exact) mass is 281 g/mol. The van der Waals surface area contributed by atoms with Crippen LogP contribution < -0.4 is 16.2 Å². The predicted molar refractivity (Wildman–Crippen MR) is 72.8 cm³/mol. The maximum atomic E-state index is 11.3. The van der Waals surface area contributed by atoms with Crippen LogP contribution >= 0.6 is 0 Å². The lowest BCUT2D eigenvalue weighted by atomic mass is 10.2. The minimum atomic E-state index is -3.82. The van der Waals surface area contributed by atoms with Gasteiger partial charge in [-0.3, -0.25) is 4.68 Å². The summed E-state index contributed by atoms with van der Waals surface area (Å²) in [6.45, 7) is 0.481. The number of nitrogen functional groups attached to an aromatic ring is 1. The van der Waals surface area contributed by atoms with Gasteiger partial charge in [-0.1, -0.05) is 6.07 Å². The van der Waals surface area contributed by atoms with Crippen molar-refractivity contribution in [1.29, 1.82) is 0 Å². The Morgan fingerprint density at radius 3 is 2.68 bits per heavy atom. The number of rotatable bonds is 4. The van der Waals surface area contributed by atoms with Crippen LogP contribution in [-0.4, -0.2) is 18.2 Å². The zero-order valence-electron chi connectivity index (χ0n) is 10.4. The number of aromatic nitrogens is 2. The molecule has 1 aromatic carbocycles. The van der Waals surface area contributed by atoms with Crippen molar-refractivity contribution in [2.45, 2.75) is 11.4 Å².